The summed E-state index contributed by atoms with van der Waals surface area (Å²) in [6, 6.07) is 56.5. The molecule has 0 bridgehead atoms. The van der Waals surface area contributed by atoms with Gasteiger partial charge in [0.15, 0.2) is 11.6 Å². The van der Waals surface area contributed by atoms with Crippen LogP contribution < -0.4 is 0 Å². The molecule has 4 heterocycles. The molecule has 50 heavy (non-hydrogen) atoms. The Balaban J connectivity index is 1.30. The monoisotopic (exact) mass is 640 g/mol. The second-order valence-corrected chi connectivity index (χ2v) is 12.3. The van der Waals surface area contributed by atoms with Crippen LogP contribution in [-0.4, -0.2) is 29.1 Å². The molecule has 0 atom stereocenters. The highest BCUT2D eigenvalue weighted by Crippen LogP contribution is 2.37. The van der Waals surface area contributed by atoms with E-state index in [1.165, 1.54) is 0 Å². The standard InChI is InChI=1S/C44H28N6/c1-2-15-29(16-3-1)30-17-4-5-20-33(30)42-46-43(48-44(47-42)50-36-23-10-6-18-31(36)32-19-7-11-24-37(32)50)35-22-9-13-26-39(35)49-38-25-12-8-21-34(38)41-40(49)27-14-28-45-41/h1-28H. The Kier molecular flexibility index (Phi) is 6.39. The molecule has 6 aromatic carbocycles. The molecule has 6 nitrogen and oxygen atoms in total. The molecule has 234 valence electrons. The fourth-order valence-electron chi connectivity index (χ4n) is 7.29. The lowest BCUT2D eigenvalue weighted by Gasteiger charge is -2.16. The van der Waals surface area contributed by atoms with E-state index in [4.69, 9.17) is 19.9 Å². The van der Waals surface area contributed by atoms with Crippen molar-refractivity contribution in [3.63, 3.8) is 0 Å². The van der Waals surface area contributed by atoms with Crippen LogP contribution in [0.5, 0.6) is 0 Å². The zero-order valence-corrected chi connectivity index (χ0v) is 26.8. The van der Waals surface area contributed by atoms with Crippen molar-refractivity contribution in [3.8, 4) is 45.5 Å². The van der Waals surface area contributed by atoms with Crippen molar-refractivity contribution >= 4 is 43.7 Å². The van der Waals surface area contributed by atoms with E-state index < -0.39 is 0 Å². The Morgan fingerprint density at radius 1 is 0.360 bits per heavy atom. The molecule has 0 radical (unpaired) electrons. The van der Waals surface area contributed by atoms with E-state index >= 15 is 0 Å². The molecular formula is C44H28N6. The molecule has 10 rings (SSSR count). The molecule has 4 aromatic heterocycles. The van der Waals surface area contributed by atoms with Gasteiger partial charge in [-0.2, -0.15) is 9.97 Å². The van der Waals surface area contributed by atoms with Crippen LogP contribution in [0, 0.1) is 0 Å². The minimum Gasteiger partial charge on any atom is -0.307 e. The third kappa shape index (κ3) is 4.36. The number of para-hydroxylation sites is 4. The van der Waals surface area contributed by atoms with Crippen LogP contribution in [0.25, 0.3) is 89.3 Å². The van der Waals surface area contributed by atoms with E-state index in [0.717, 1.165) is 71.7 Å². The third-order valence-electron chi connectivity index (χ3n) is 9.47. The van der Waals surface area contributed by atoms with Crippen molar-refractivity contribution in [1.82, 2.24) is 29.1 Å². The second-order valence-electron chi connectivity index (χ2n) is 12.3. The van der Waals surface area contributed by atoms with Crippen LogP contribution in [0.2, 0.25) is 0 Å². The van der Waals surface area contributed by atoms with E-state index in [2.05, 4.69) is 149 Å². The molecule has 6 heteroatoms. The molecule has 0 saturated heterocycles. The lowest BCUT2D eigenvalue weighted by molar-refractivity contribution is 0.952. The molecule has 0 aliphatic carbocycles. The fourth-order valence-corrected chi connectivity index (χ4v) is 7.29. The Bertz CT molecular complexity index is 2780. The minimum absolute atomic E-state index is 0.559. The van der Waals surface area contributed by atoms with Gasteiger partial charge in [-0.05, 0) is 53.6 Å². The first-order valence-corrected chi connectivity index (χ1v) is 16.7. The Morgan fingerprint density at radius 3 is 1.60 bits per heavy atom. The van der Waals surface area contributed by atoms with Crippen LogP contribution in [0.1, 0.15) is 0 Å². The largest absolute Gasteiger partial charge is 0.307 e. The van der Waals surface area contributed by atoms with E-state index in [0.29, 0.717) is 17.6 Å². The zero-order valence-electron chi connectivity index (χ0n) is 26.8. The van der Waals surface area contributed by atoms with Gasteiger partial charge in [-0.3, -0.25) is 9.55 Å². The van der Waals surface area contributed by atoms with Crippen molar-refractivity contribution < 1.29 is 0 Å². The number of nitrogens with zero attached hydrogens (tertiary/aromatic N) is 6. The predicted molar refractivity (Wildman–Crippen MR) is 203 cm³/mol. The number of benzene rings is 6. The zero-order chi connectivity index (χ0) is 33.0. The number of fused-ring (bicyclic) bond motifs is 6. The lowest BCUT2D eigenvalue weighted by Crippen LogP contribution is -2.08. The van der Waals surface area contributed by atoms with E-state index in [-0.39, 0.29) is 0 Å². The number of rotatable bonds is 5. The van der Waals surface area contributed by atoms with Crippen molar-refractivity contribution in [2.24, 2.45) is 0 Å². The first-order valence-electron chi connectivity index (χ1n) is 16.7. The predicted octanol–water partition coefficient (Wildman–Crippen LogP) is 10.5. The molecule has 0 saturated carbocycles. The molecular weight excluding hydrogens is 613 g/mol. The minimum atomic E-state index is 0.559. The average molecular weight is 641 g/mol. The van der Waals surface area contributed by atoms with Crippen molar-refractivity contribution in [2.45, 2.75) is 0 Å². The Labute approximate surface area is 287 Å². The van der Waals surface area contributed by atoms with Gasteiger partial charge in [0.1, 0.15) is 0 Å². The number of aromatic nitrogens is 6. The number of pyridine rings is 1. The van der Waals surface area contributed by atoms with E-state index in [1.54, 1.807) is 0 Å². The molecule has 10 aromatic rings. The molecule has 0 aliphatic rings. The van der Waals surface area contributed by atoms with Gasteiger partial charge in [0, 0.05) is 33.5 Å². The fraction of sp³-hybridized carbons (Fsp3) is 0. The normalized spacial score (nSPS) is 11.6. The molecule has 0 unspecified atom stereocenters. The summed E-state index contributed by atoms with van der Waals surface area (Å²) in [5, 5.41) is 3.39. The summed E-state index contributed by atoms with van der Waals surface area (Å²) in [6.45, 7) is 0. The maximum absolute atomic E-state index is 5.32. The third-order valence-corrected chi connectivity index (χ3v) is 9.47. The number of hydrogen-bond donors (Lipinski definition) is 0. The first-order chi connectivity index (χ1) is 24.8. The van der Waals surface area contributed by atoms with Gasteiger partial charge >= 0.3 is 0 Å². The topological polar surface area (TPSA) is 61.4 Å². The van der Waals surface area contributed by atoms with Gasteiger partial charge in [0.2, 0.25) is 5.95 Å². The maximum Gasteiger partial charge on any atom is 0.238 e. The van der Waals surface area contributed by atoms with Crippen molar-refractivity contribution in [1.29, 1.82) is 0 Å². The van der Waals surface area contributed by atoms with E-state index in [1.807, 2.05) is 30.5 Å². The smallest absolute Gasteiger partial charge is 0.238 e. The average Bonchev–Trinajstić information content (AvgIpc) is 3.71. The van der Waals surface area contributed by atoms with Crippen LogP contribution in [0.4, 0.5) is 0 Å². The first kappa shape index (κ1) is 28.1. The van der Waals surface area contributed by atoms with Crippen LogP contribution in [0.15, 0.2) is 170 Å². The molecule has 0 spiro atoms. The summed E-state index contributed by atoms with van der Waals surface area (Å²) in [5.41, 5.74) is 10.1. The summed E-state index contributed by atoms with van der Waals surface area (Å²) < 4.78 is 4.44. The van der Waals surface area contributed by atoms with Gasteiger partial charge in [-0.15, -0.1) is 0 Å². The van der Waals surface area contributed by atoms with Gasteiger partial charge < -0.3 is 4.57 Å². The van der Waals surface area contributed by atoms with Gasteiger partial charge in [-0.25, -0.2) is 4.98 Å². The van der Waals surface area contributed by atoms with Gasteiger partial charge in [0.25, 0.3) is 0 Å². The maximum atomic E-state index is 5.32. The van der Waals surface area contributed by atoms with Gasteiger partial charge in [0.05, 0.1) is 33.3 Å². The Morgan fingerprint density at radius 2 is 0.880 bits per heavy atom. The quantitative estimate of drug-likeness (QED) is 0.188. The molecule has 0 N–H and O–H groups in total. The van der Waals surface area contributed by atoms with Crippen molar-refractivity contribution in [2.75, 3.05) is 0 Å². The Hall–Kier alpha value is -6.92. The molecule has 0 fully saturated rings. The highest BCUT2D eigenvalue weighted by molar-refractivity contribution is 6.09. The van der Waals surface area contributed by atoms with Gasteiger partial charge in [-0.1, -0.05) is 121 Å². The molecule has 0 amide bonds. The number of hydrogen-bond acceptors (Lipinski definition) is 4. The summed E-state index contributed by atoms with van der Waals surface area (Å²) >= 11 is 0. The summed E-state index contributed by atoms with van der Waals surface area (Å²) in [5.74, 6) is 1.74. The van der Waals surface area contributed by atoms with Crippen LogP contribution in [-0.2, 0) is 0 Å². The summed E-state index contributed by atoms with van der Waals surface area (Å²) in [7, 11) is 0. The lowest BCUT2D eigenvalue weighted by atomic mass is 9.99. The molecule has 0 aliphatic heterocycles. The summed E-state index contributed by atoms with van der Waals surface area (Å²) in [6.07, 6.45) is 1.85. The highest BCUT2D eigenvalue weighted by Gasteiger charge is 2.22. The van der Waals surface area contributed by atoms with Crippen LogP contribution in [0.3, 0.4) is 0 Å². The SMILES string of the molecule is c1ccc(-c2ccccc2-c2nc(-c3ccccc3-n3c4ccccc4c4ncccc43)nc(-n3c4ccccc4c4ccccc43)n2)cc1. The van der Waals surface area contributed by atoms with Crippen molar-refractivity contribution in [3.05, 3.63) is 170 Å². The van der Waals surface area contributed by atoms with E-state index in [9.17, 15) is 0 Å². The van der Waals surface area contributed by atoms with Crippen LogP contribution >= 0.6 is 0 Å². The highest BCUT2D eigenvalue weighted by atomic mass is 15.2. The second kappa shape index (κ2) is 11.4. The summed E-state index contributed by atoms with van der Waals surface area (Å²) in [4.78, 5) is 20.7.